The van der Waals surface area contributed by atoms with Crippen molar-refractivity contribution in [3.8, 4) is 5.75 Å². The first-order valence-corrected chi connectivity index (χ1v) is 43.7. The summed E-state index contributed by atoms with van der Waals surface area (Å²) >= 11 is 0. The Kier molecular flexibility index (Phi) is 40.1. The van der Waals surface area contributed by atoms with Crippen LogP contribution >= 0.6 is 43.2 Å². The van der Waals surface area contributed by atoms with Crippen molar-refractivity contribution in [2.45, 2.75) is 194 Å². The van der Waals surface area contributed by atoms with E-state index in [-0.39, 0.29) is 81.6 Å². The standard InChI is InChI=1S/C71H103N23O25S4/c1-3-32(2)55-68(117)89-44(56(74)105)27-120-121-28-45(80-51(98)24-72)63(112)91-47-30-123-122-29-46(90-57(106)36(7-4-16-78-71(75)76)81-66(115)48-8-6-18-94(48)70(119)42(23-54(103)104)87-62(111)43(26-95)88-65(47)114)64(113)84-39(21-50(73)97)60(109)83-38(19-33-10-12-35(96)13-11-33)59(108)85-40(22-53(101)102)61(110)86-41(20-34-25-77-31-79-34)69(118)93-17-5-9-49(93)67(116)82-37(58(107)92-55)14-15-52(99)100/h10-13,25,31-32,36-49,55,95-96H,3-9,14-24,26-30,72H2,1-2H3,(H2,73,97)(H2,74,105)(H,77,79)(H,80,98)(H,81,115)(H,82,116)(H,83,109)(H,84,113)(H,85,108)(H,86,110)(H,87,111)(H,88,114)(H,89,117)(H,90,106)(H,91,112)(H,92,107)(H,99,100)(H,101,102)(H,103,104)(H4,75,76,78)/t32-,36-,37-,38-,39-,40-,41-,42-,43-,44-,45-,46-,47-,48-,49-,55-/m0/s1. The molecule has 4 saturated heterocycles. The number of carbonyl (C=O) groups excluding carboxylic acids is 17. The molecule has 48 nitrogen and oxygen atoms in total. The van der Waals surface area contributed by atoms with E-state index in [0.717, 1.165) is 31.4 Å². The number of carboxylic acids is 3. The molecule has 29 N–H and O–H groups in total. The number of aliphatic hydroxyl groups is 1. The van der Waals surface area contributed by atoms with Crippen molar-refractivity contribution >= 4 is 167 Å². The molecular formula is C71H103N23O25S4. The predicted molar refractivity (Wildman–Crippen MR) is 438 cm³/mol. The van der Waals surface area contributed by atoms with Crippen LogP contribution in [0.5, 0.6) is 5.75 Å². The zero-order chi connectivity index (χ0) is 90.9. The summed E-state index contributed by atoms with van der Waals surface area (Å²) in [7, 11) is 2.85. The van der Waals surface area contributed by atoms with Crippen LogP contribution in [0.25, 0.3) is 0 Å². The molecule has 1 aromatic heterocycles. The van der Waals surface area contributed by atoms with Gasteiger partial charge in [-0.15, -0.1) is 0 Å². The molecule has 17 amide bonds. The number of guanidine groups is 1. The number of H-pyrrole nitrogens is 1. The number of nitrogens with one attached hydrogen (secondary N) is 16. The van der Waals surface area contributed by atoms with Crippen LogP contribution < -0.4 is 97.4 Å². The quantitative estimate of drug-likeness (QED) is 0.0213. The number of primary amides is 2. The molecule has 2 bridgehead atoms. The number of benzene rings is 1. The van der Waals surface area contributed by atoms with Gasteiger partial charge in [0.2, 0.25) is 100 Å². The number of carbonyl (C=O) groups is 20. The Bertz CT molecular complexity index is 4200. The van der Waals surface area contributed by atoms with E-state index >= 15 is 9.59 Å². The van der Waals surface area contributed by atoms with Crippen molar-refractivity contribution in [3.05, 3.63) is 48.0 Å². The number of phenols is 1. The summed E-state index contributed by atoms with van der Waals surface area (Å²) < 4.78 is 0. The number of fused-ring (bicyclic) bond motifs is 7. The largest absolute Gasteiger partial charge is 0.508 e. The lowest BCUT2D eigenvalue weighted by atomic mass is 9.97. The Labute approximate surface area is 717 Å². The first kappa shape index (κ1) is 100. The molecule has 0 spiro atoms. The van der Waals surface area contributed by atoms with Crippen molar-refractivity contribution in [2.75, 3.05) is 55.8 Å². The predicted octanol–water partition coefficient (Wildman–Crippen LogP) is -9.59. The number of aromatic amines is 1. The molecule has 676 valence electrons. The van der Waals surface area contributed by atoms with E-state index < -0.39 is 302 Å². The van der Waals surface area contributed by atoms with Crippen LogP contribution in [0.2, 0.25) is 0 Å². The van der Waals surface area contributed by atoms with E-state index in [0.29, 0.717) is 21.6 Å². The third-order valence-corrected chi connectivity index (χ3v) is 24.5. The Hall–Kier alpha value is -11.8. The highest BCUT2D eigenvalue weighted by molar-refractivity contribution is 8.77. The highest BCUT2D eigenvalue weighted by Gasteiger charge is 2.45. The van der Waals surface area contributed by atoms with Gasteiger partial charge in [0.05, 0.1) is 38.7 Å². The maximum absolute atomic E-state index is 15.1. The monoisotopic (exact) mass is 1810 g/mol. The number of amides is 17. The van der Waals surface area contributed by atoms with Crippen LogP contribution in [-0.4, -0.2) is 316 Å². The number of imidazole rings is 1. The van der Waals surface area contributed by atoms with Gasteiger partial charge in [-0.1, -0.05) is 75.6 Å². The molecule has 0 saturated carbocycles. The van der Waals surface area contributed by atoms with Gasteiger partial charge in [-0.2, -0.15) is 0 Å². The fourth-order valence-corrected chi connectivity index (χ4v) is 17.7. The van der Waals surface area contributed by atoms with Gasteiger partial charge in [0.15, 0.2) is 5.96 Å². The number of aromatic nitrogens is 2. The SMILES string of the molecule is CC[C@H](C)[C@@H]1NC(=O)[C@H](CCC(=O)O)NC(=O)[C@@H]2CCCN2C(=O)[C@H](Cc2cnc[nH]2)NC(=O)[C@H](CC(=O)O)NC(=O)[C@H](Cc2ccc(O)cc2)NC(=O)[C@H](CC(N)=O)NC(=O)[C@@H]2CSSC[C@H](NC(=O)[C@@H](NC(=O)CN)CSSC[C@@H](C(N)=O)NC1=O)C(=O)N[C@@H](CO)C(=O)N[C@@H](CC(=O)O)C(=O)N1CCC[C@H]1C(=O)N[C@@H](CCCNC(=N)N)C(=O)N2. The van der Waals surface area contributed by atoms with E-state index in [4.69, 9.17) is 28.3 Å². The summed E-state index contributed by atoms with van der Waals surface area (Å²) in [4.78, 5) is 291. The zero-order valence-electron chi connectivity index (χ0n) is 66.7. The van der Waals surface area contributed by atoms with Gasteiger partial charge in [0, 0.05) is 73.8 Å². The maximum Gasteiger partial charge on any atom is 0.305 e. The summed E-state index contributed by atoms with van der Waals surface area (Å²) in [5, 5.41) is 92.5. The highest BCUT2D eigenvalue weighted by Crippen LogP contribution is 2.28. The molecule has 52 heteroatoms. The molecule has 1 aromatic carbocycles. The van der Waals surface area contributed by atoms with Crippen molar-refractivity contribution in [1.82, 2.24) is 94.2 Å². The third-order valence-electron chi connectivity index (χ3n) is 19.7. The molecule has 5 heterocycles. The second-order valence-corrected chi connectivity index (χ2v) is 34.0. The zero-order valence-corrected chi connectivity index (χ0v) is 69.9. The maximum atomic E-state index is 15.1. The van der Waals surface area contributed by atoms with E-state index in [1.807, 2.05) is 0 Å². The lowest BCUT2D eigenvalue weighted by Crippen LogP contribution is -2.62. The van der Waals surface area contributed by atoms with E-state index in [2.05, 4.69) is 84.4 Å². The van der Waals surface area contributed by atoms with Gasteiger partial charge < -0.3 is 138 Å². The molecule has 0 unspecified atom stereocenters. The van der Waals surface area contributed by atoms with E-state index in [9.17, 15) is 112 Å². The lowest BCUT2D eigenvalue weighted by molar-refractivity contribution is -0.146. The average Bonchev–Trinajstić information content (AvgIpc) is 1.78. The number of hydrogen-bond acceptors (Lipinski definition) is 29. The van der Waals surface area contributed by atoms with Crippen molar-refractivity contribution in [1.29, 1.82) is 5.41 Å². The van der Waals surface area contributed by atoms with Gasteiger partial charge >= 0.3 is 17.9 Å². The molecule has 0 radical (unpaired) electrons. The van der Waals surface area contributed by atoms with Crippen LogP contribution in [0.15, 0.2) is 36.8 Å². The molecule has 123 heavy (non-hydrogen) atoms. The summed E-state index contributed by atoms with van der Waals surface area (Å²) in [6.07, 6.45) is -3.81. The highest BCUT2D eigenvalue weighted by atomic mass is 33.1. The van der Waals surface area contributed by atoms with Gasteiger partial charge in [0.25, 0.3) is 0 Å². The van der Waals surface area contributed by atoms with E-state index in [1.54, 1.807) is 6.92 Å². The smallest absolute Gasteiger partial charge is 0.305 e. The van der Waals surface area contributed by atoms with E-state index in [1.165, 1.54) is 43.7 Å². The van der Waals surface area contributed by atoms with Crippen molar-refractivity contribution in [3.63, 3.8) is 0 Å². The minimum atomic E-state index is -2.18. The number of rotatable bonds is 23. The summed E-state index contributed by atoms with van der Waals surface area (Å²) in [6.45, 7) is 0.588. The molecular weight excluding hydrogens is 1700 g/mol. The number of hydrogen-bond donors (Lipinski definition) is 25. The molecule has 4 aliphatic rings. The lowest BCUT2D eigenvalue weighted by Gasteiger charge is -2.31. The van der Waals surface area contributed by atoms with Crippen LogP contribution in [0, 0.1) is 11.3 Å². The van der Waals surface area contributed by atoms with Crippen LogP contribution in [0.3, 0.4) is 0 Å². The number of nitrogens with zero attached hydrogens (tertiary/aromatic N) is 3. The van der Waals surface area contributed by atoms with Crippen LogP contribution in [-0.2, 0) is 109 Å². The number of aromatic hydroxyl groups is 1. The third kappa shape index (κ3) is 31.9. The second-order valence-electron chi connectivity index (χ2n) is 28.9. The first-order valence-electron chi connectivity index (χ1n) is 38.7. The number of phenolic OH excluding ortho intramolecular Hbond substituents is 1. The molecule has 4 fully saturated rings. The second kappa shape index (κ2) is 49.4. The Morgan fingerprint density at radius 3 is 1.56 bits per heavy atom. The van der Waals surface area contributed by atoms with Gasteiger partial charge in [-0.3, -0.25) is 101 Å². The molecule has 2 aromatic rings. The van der Waals surface area contributed by atoms with Crippen molar-refractivity contribution in [2.24, 2.45) is 28.9 Å². The molecule has 4 aliphatic heterocycles. The van der Waals surface area contributed by atoms with Gasteiger partial charge in [-0.25, -0.2) is 4.98 Å². The van der Waals surface area contributed by atoms with Gasteiger partial charge in [0.1, 0.15) is 96.4 Å². The minimum absolute atomic E-state index is 0.0790. The van der Waals surface area contributed by atoms with Gasteiger partial charge in [-0.05, 0) is 68.6 Å². The number of aliphatic hydroxyl groups excluding tert-OH is 1. The Morgan fingerprint density at radius 2 is 1.02 bits per heavy atom. The molecule has 6 rings (SSSR count). The average molecular weight is 1810 g/mol. The summed E-state index contributed by atoms with van der Waals surface area (Å²) in [6, 6.07) is -22.5. The number of aliphatic carboxylic acids is 3. The fraction of sp³-hybridized carbons (Fsp3) is 0.577. The topological polar surface area (TPSA) is 774 Å². The number of nitrogens with two attached hydrogens (primary N) is 4. The Morgan fingerprint density at radius 1 is 0.545 bits per heavy atom. The summed E-state index contributed by atoms with van der Waals surface area (Å²) in [5.41, 5.74) is 23.0. The minimum Gasteiger partial charge on any atom is -0.508 e. The first-order chi connectivity index (χ1) is 58.3. The number of carboxylic acid groups (broad SMARTS) is 3. The van der Waals surface area contributed by atoms with Crippen LogP contribution in [0.4, 0.5) is 0 Å². The van der Waals surface area contributed by atoms with Crippen molar-refractivity contribution < 1.29 is 121 Å². The fourth-order valence-electron chi connectivity index (χ4n) is 13.0. The Balaban J connectivity index is 1.52. The molecule has 0 aliphatic carbocycles. The normalized spacial score (nSPS) is 26.5. The summed E-state index contributed by atoms with van der Waals surface area (Å²) in [5.74, 6) is -28.9. The molecule has 16 atom stereocenters. The van der Waals surface area contributed by atoms with Crippen LogP contribution in [0.1, 0.15) is 102 Å².